The third-order valence-electron chi connectivity index (χ3n) is 2.25. The maximum absolute atomic E-state index is 12.1. The van der Waals surface area contributed by atoms with Crippen molar-refractivity contribution in [2.75, 3.05) is 13.2 Å². The lowest BCUT2D eigenvalue weighted by molar-refractivity contribution is -0.160. The zero-order chi connectivity index (χ0) is 16.6. The van der Waals surface area contributed by atoms with E-state index in [0.29, 0.717) is 13.2 Å². The van der Waals surface area contributed by atoms with Crippen LogP contribution in [0.1, 0.15) is 34.1 Å². The SMILES string of the molecule is CC(C)COC(=O)CC(O[Si](C)(C)C)C(=O)OCC(C)C. The van der Waals surface area contributed by atoms with E-state index in [1.165, 1.54) is 0 Å². The van der Waals surface area contributed by atoms with E-state index in [-0.39, 0.29) is 18.3 Å². The molecule has 0 rings (SSSR count). The second-order valence-electron chi connectivity index (χ2n) is 7.02. The Kier molecular flexibility index (Phi) is 8.81. The van der Waals surface area contributed by atoms with Gasteiger partial charge in [0.25, 0.3) is 0 Å². The van der Waals surface area contributed by atoms with Gasteiger partial charge in [-0.2, -0.15) is 0 Å². The van der Waals surface area contributed by atoms with Gasteiger partial charge < -0.3 is 13.9 Å². The van der Waals surface area contributed by atoms with E-state index < -0.39 is 26.4 Å². The predicted molar refractivity (Wildman–Crippen MR) is 84.4 cm³/mol. The highest BCUT2D eigenvalue weighted by molar-refractivity contribution is 6.69. The van der Waals surface area contributed by atoms with Gasteiger partial charge in [-0.3, -0.25) is 4.79 Å². The molecular formula is C15H30O5Si. The van der Waals surface area contributed by atoms with Gasteiger partial charge in [0.1, 0.15) is 0 Å². The standard InChI is InChI=1S/C15H30O5Si/c1-11(2)9-18-14(16)8-13(20-21(5,6)7)15(17)19-10-12(3)4/h11-13H,8-10H2,1-7H3. The summed E-state index contributed by atoms with van der Waals surface area (Å²) in [6.07, 6.45) is -0.955. The highest BCUT2D eigenvalue weighted by Gasteiger charge is 2.30. The van der Waals surface area contributed by atoms with E-state index in [1.54, 1.807) is 0 Å². The molecule has 1 unspecified atom stereocenters. The van der Waals surface area contributed by atoms with Crippen molar-refractivity contribution in [1.82, 2.24) is 0 Å². The Morgan fingerprint density at radius 1 is 0.905 bits per heavy atom. The van der Waals surface area contributed by atoms with Gasteiger partial charge in [-0.1, -0.05) is 27.7 Å². The van der Waals surface area contributed by atoms with Crippen LogP contribution in [-0.2, 0) is 23.5 Å². The first-order valence-electron chi connectivity index (χ1n) is 7.51. The molecule has 0 N–H and O–H groups in total. The molecule has 6 heteroatoms. The van der Waals surface area contributed by atoms with Gasteiger partial charge in [0.15, 0.2) is 14.4 Å². The number of esters is 2. The number of ether oxygens (including phenoxy) is 2. The number of rotatable bonds is 9. The van der Waals surface area contributed by atoms with E-state index in [2.05, 4.69) is 0 Å². The molecule has 0 aliphatic carbocycles. The molecule has 0 aliphatic rings. The molecule has 0 saturated carbocycles. The van der Waals surface area contributed by atoms with Crippen LogP contribution in [0.5, 0.6) is 0 Å². The first kappa shape index (κ1) is 20.1. The summed E-state index contributed by atoms with van der Waals surface area (Å²) in [5, 5.41) is 0. The van der Waals surface area contributed by atoms with Gasteiger partial charge in [0.2, 0.25) is 0 Å². The Bertz CT molecular complexity index is 333. The van der Waals surface area contributed by atoms with Crippen LogP contribution in [0.2, 0.25) is 19.6 Å². The van der Waals surface area contributed by atoms with Gasteiger partial charge in [0.05, 0.1) is 19.6 Å². The first-order valence-corrected chi connectivity index (χ1v) is 10.9. The lowest BCUT2D eigenvalue weighted by Crippen LogP contribution is -2.39. The van der Waals surface area contributed by atoms with Crippen LogP contribution in [0.4, 0.5) is 0 Å². The number of carbonyl (C=O) groups excluding carboxylic acids is 2. The summed E-state index contributed by atoms with van der Waals surface area (Å²) < 4.78 is 16.1. The Hall–Kier alpha value is -0.883. The van der Waals surface area contributed by atoms with E-state index in [1.807, 2.05) is 47.3 Å². The van der Waals surface area contributed by atoms with Crippen LogP contribution in [0, 0.1) is 11.8 Å². The van der Waals surface area contributed by atoms with Gasteiger partial charge in [-0.25, -0.2) is 4.79 Å². The third-order valence-corrected chi connectivity index (χ3v) is 3.24. The number of hydrogen-bond donors (Lipinski definition) is 0. The molecule has 21 heavy (non-hydrogen) atoms. The van der Waals surface area contributed by atoms with Crippen LogP contribution in [0.25, 0.3) is 0 Å². The molecular weight excluding hydrogens is 288 g/mol. The molecule has 0 bridgehead atoms. The van der Waals surface area contributed by atoms with Crippen LogP contribution in [-0.4, -0.2) is 39.6 Å². The molecule has 0 aliphatic heterocycles. The average molecular weight is 318 g/mol. The fourth-order valence-corrected chi connectivity index (χ4v) is 2.44. The van der Waals surface area contributed by atoms with Gasteiger partial charge >= 0.3 is 11.9 Å². The van der Waals surface area contributed by atoms with Gasteiger partial charge in [-0.15, -0.1) is 0 Å². The van der Waals surface area contributed by atoms with E-state index >= 15 is 0 Å². The topological polar surface area (TPSA) is 61.8 Å². The Morgan fingerprint density at radius 3 is 1.81 bits per heavy atom. The minimum Gasteiger partial charge on any atom is -0.465 e. The van der Waals surface area contributed by atoms with Gasteiger partial charge in [-0.05, 0) is 31.5 Å². The molecule has 0 heterocycles. The van der Waals surface area contributed by atoms with E-state index in [9.17, 15) is 9.59 Å². The smallest absolute Gasteiger partial charge is 0.334 e. The summed E-state index contributed by atoms with van der Waals surface area (Å²) in [6, 6.07) is 0. The molecule has 0 aromatic carbocycles. The van der Waals surface area contributed by atoms with Crippen molar-refractivity contribution in [3.8, 4) is 0 Å². The Morgan fingerprint density at radius 2 is 1.38 bits per heavy atom. The molecule has 0 radical (unpaired) electrons. The highest BCUT2D eigenvalue weighted by atomic mass is 28.4. The van der Waals surface area contributed by atoms with Crippen molar-refractivity contribution in [3.63, 3.8) is 0 Å². The van der Waals surface area contributed by atoms with Crippen molar-refractivity contribution < 1.29 is 23.5 Å². The van der Waals surface area contributed by atoms with Crippen molar-refractivity contribution >= 4 is 20.3 Å². The molecule has 1 atom stereocenters. The lowest BCUT2D eigenvalue weighted by atomic mass is 10.2. The van der Waals surface area contributed by atoms with Crippen molar-refractivity contribution in [1.29, 1.82) is 0 Å². The zero-order valence-corrected chi connectivity index (χ0v) is 15.4. The molecule has 0 aromatic rings. The second kappa shape index (κ2) is 9.20. The Balaban J connectivity index is 4.58. The summed E-state index contributed by atoms with van der Waals surface area (Å²) in [4.78, 5) is 23.9. The Labute approximate surface area is 129 Å². The minimum atomic E-state index is -1.96. The molecule has 0 amide bonds. The molecule has 124 valence electrons. The summed E-state index contributed by atoms with van der Waals surface area (Å²) in [7, 11) is -1.96. The van der Waals surface area contributed by atoms with Crippen LogP contribution < -0.4 is 0 Å². The van der Waals surface area contributed by atoms with Crippen LogP contribution in [0.15, 0.2) is 0 Å². The lowest BCUT2D eigenvalue weighted by Gasteiger charge is -2.25. The minimum absolute atomic E-state index is 0.0894. The maximum atomic E-state index is 12.1. The summed E-state index contributed by atoms with van der Waals surface area (Å²) in [5.41, 5.74) is 0. The summed E-state index contributed by atoms with van der Waals surface area (Å²) in [5.74, 6) is -0.395. The van der Waals surface area contributed by atoms with E-state index in [4.69, 9.17) is 13.9 Å². The highest BCUT2D eigenvalue weighted by Crippen LogP contribution is 2.13. The van der Waals surface area contributed by atoms with Crippen molar-refractivity contribution in [3.05, 3.63) is 0 Å². The third kappa shape index (κ3) is 11.5. The largest absolute Gasteiger partial charge is 0.465 e. The average Bonchev–Trinajstić information content (AvgIpc) is 2.30. The molecule has 0 saturated heterocycles. The zero-order valence-electron chi connectivity index (χ0n) is 14.4. The molecule has 5 nitrogen and oxygen atoms in total. The number of carbonyl (C=O) groups is 2. The van der Waals surface area contributed by atoms with Crippen molar-refractivity contribution in [2.24, 2.45) is 11.8 Å². The molecule has 0 fully saturated rings. The molecule has 0 spiro atoms. The van der Waals surface area contributed by atoms with Crippen LogP contribution in [0.3, 0.4) is 0 Å². The van der Waals surface area contributed by atoms with Crippen molar-refractivity contribution in [2.45, 2.75) is 59.9 Å². The normalized spacial score (nSPS) is 13.4. The fraction of sp³-hybridized carbons (Fsp3) is 0.867. The molecule has 0 aromatic heterocycles. The van der Waals surface area contributed by atoms with Crippen LogP contribution >= 0.6 is 0 Å². The quantitative estimate of drug-likeness (QED) is 0.483. The monoisotopic (exact) mass is 318 g/mol. The maximum Gasteiger partial charge on any atom is 0.334 e. The predicted octanol–water partition coefficient (Wildman–Crippen LogP) is 3.00. The summed E-state index contributed by atoms with van der Waals surface area (Å²) in [6.45, 7) is 14.4. The van der Waals surface area contributed by atoms with E-state index in [0.717, 1.165) is 0 Å². The summed E-state index contributed by atoms with van der Waals surface area (Å²) >= 11 is 0. The van der Waals surface area contributed by atoms with Gasteiger partial charge in [0, 0.05) is 0 Å². The second-order valence-corrected chi connectivity index (χ2v) is 11.5. The first-order chi connectivity index (χ1) is 9.51. The fourth-order valence-electron chi connectivity index (χ4n) is 1.41. The number of hydrogen-bond acceptors (Lipinski definition) is 5.